The molecule has 100 valence electrons. The molecular formula is C15H15BrFNO. The summed E-state index contributed by atoms with van der Waals surface area (Å²) in [5, 5.41) is 10.00. The minimum Gasteiger partial charge on any atom is -0.506 e. The third kappa shape index (κ3) is 3.26. The lowest BCUT2D eigenvalue weighted by Gasteiger charge is -2.23. The van der Waals surface area contributed by atoms with E-state index in [0.29, 0.717) is 11.0 Å². The molecule has 2 nitrogen and oxygen atoms in total. The lowest BCUT2D eigenvalue weighted by molar-refractivity contribution is 0.464. The summed E-state index contributed by atoms with van der Waals surface area (Å²) in [5.41, 5.74) is 1.61. The molecule has 4 heteroatoms. The highest BCUT2D eigenvalue weighted by Gasteiger charge is 2.10. The number of benzene rings is 2. The normalized spacial score (nSPS) is 10.5. The van der Waals surface area contributed by atoms with Gasteiger partial charge in [0.1, 0.15) is 11.6 Å². The summed E-state index contributed by atoms with van der Waals surface area (Å²) in [6.45, 7) is 3.26. The van der Waals surface area contributed by atoms with Crippen molar-refractivity contribution in [1.82, 2.24) is 0 Å². The topological polar surface area (TPSA) is 23.5 Å². The van der Waals surface area contributed by atoms with Gasteiger partial charge in [0.2, 0.25) is 0 Å². The second kappa shape index (κ2) is 6.06. The fourth-order valence-electron chi connectivity index (χ4n) is 1.95. The minimum absolute atomic E-state index is 0.234. The molecule has 0 aromatic heterocycles. The van der Waals surface area contributed by atoms with E-state index in [2.05, 4.69) is 15.9 Å². The first-order valence-electron chi connectivity index (χ1n) is 6.08. The first-order chi connectivity index (χ1) is 9.11. The highest BCUT2D eigenvalue weighted by atomic mass is 79.9. The van der Waals surface area contributed by atoms with Crippen LogP contribution in [0.4, 0.5) is 10.1 Å². The van der Waals surface area contributed by atoms with Gasteiger partial charge in [0.25, 0.3) is 0 Å². The van der Waals surface area contributed by atoms with Crippen LogP contribution in [-0.4, -0.2) is 11.7 Å². The predicted molar refractivity (Wildman–Crippen MR) is 78.9 cm³/mol. The first-order valence-corrected chi connectivity index (χ1v) is 6.88. The number of hydrogen-bond donors (Lipinski definition) is 1. The second-order valence-corrected chi connectivity index (χ2v) is 5.10. The number of hydrogen-bond acceptors (Lipinski definition) is 2. The summed E-state index contributed by atoms with van der Waals surface area (Å²) in [6, 6.07) is 12.0. The average molecular weight is 324 g/mol. The van der Waals surface area contributed by atoms with Crippen LogP contribution in [0, 0.1) is 5.82 Å². The Labute approximate surface area is 120 Å². The second-order valence-electron chi connectivity index (χ2n) is 4.24. The molecule has 1 N–H and O–H groups in total. The monoisotopic (exact) mass is 323 g/mol. The van der Waals surface area contributed by atoms with Crippen LogP contribution in [0.3, 0.4) is 0 Å². The van der Waals surface area contributed by atoms with Gasteiger partial charge in [-0.3, -0.25) is 0 Å². The molecule has 0 aliphatic heterocycles. The number of phenols is 1. The molecule has 2 rings (SSSR count). The molecule has 0 heterocycles. The van der Waals surface area contributed by atoms with Crippen LogP contribution < -0.4 is 4.90 Å². The van der Waals surface area contributed by atoms with E-state index in [4.69, 9.17) is 0 Å². The number of phenolic OH excluding ortho intramolecular Hbond substituents is 1. The molecule has 0 amide bonds. The van der Waals surface area contributed by atoms with Crippen LogP contribution in [-0.2, 0) is 6.54 Å². The fourth-order valence-corrected chi connectivity index (χ4v) is 2.36. The first kappa shape index (κ1) is 13.9. The average Bonchev–Trinajstić information content (AvgIpc) is 2.40. The fraction of sp³-hybridized carbons (Fsp3) is 0.200. The molecule has 0 radical (unpaired) electrons. The number of nitrogens with zero attached hydrogens (tertiary/aromatic N) is 1. The summed E-state index contributed by atoms with van der Waals surface area (Å²) in [5.74, 6) is -0.0215. The van der Waals surface area contributed by atoms with Gasteiger partial charge in [0.15, 0.2) is 0 Å². The zero-order chi connectivity index (χ0) is 13.8. The Morgan fingerprint density at radius 2 is 1.95 bits per heavy atom. The van der Waals surface area contributed by atoms with Crippen LogP contribution in [0.25, 0.3) is 0 Å². The van der Waals surface area contributed by atoms with Crippen LogP contribution in [0.15, 0.2) is 46.9 Å². The van der Waals surface area contributed by atoms with Gasteiger partial charge < -0.3 is 10.0 Å². The van der Waals surface area contributed by atoms with E-state index in [0.717, 1.165) is 17.8 Å². The molecule has 0 saturated carbocycles. The lowest BCUT2D eigenvalue weighted by atomic mass is 10.1. The molecule has 0 aliphatic carbocycles. The molecule has 2 aromatic carbocycles. The third-order valence-corrected chi connectivity index (χ3v) is 3.63. The minimum atomic E-state index is -0.255. The van der Waals surface area contributed by atoms with E-state index in [1.807, 2.05) is 30.0 Å². The van der Waals surface area contributed by atoms with E-state index in [1.165, 1.54) is 12.1 Å². The Balaban J connectivity index is 2.26. The van der Waals surface area contributed by atoms with Crippen molar-refractivity contribution in [3.63, 3.8) is 0 Å². The molecule has 0 aliphatic rings. The molecule has 0 saturated heterocycles. The highest BCUT2D eigenvalue weighted by molar-refractivity contribution is 9.10. The van der Waals surface area contributed by atoms with Gasteiger partial charge in [0.05, 0.1) is 4.47 Å². The molecular weight excluding hydrogens is 309 g/mol. The van der Waals surface area contributed by atoms with E-state index >= 15 is 0 Å². The van der Waals surface area contributed by atoms with Gasteiger partial charge in [0, 0.05) is 24.3 Å². The van der Waals surface area contributed by atoms with Crippen molar-refractivity contribution in [2.75, 3.05) is 11.4 Å². The van der Waals surface area contributed by atoms with E-state index in [9.17, 15) is 9.50 Å². The van der Waals surface area contributed by atoms with E-state index in [1.54, 1.807) is 12.1 Å². The van der Waals surface area contributed by atoms with Gasteiger partial charge in [-0.05, 0) is 47.1 Å². The third-order valence-electron chi connectivity index (χ3n) is 2.99. The predicted octanol–water partition coefficient (Wildman–Crippen LogP) is 4.32. The summed E-state index contributed by atoms with van der Waals surface area (Å²) in [7, 11) is 0. The molecule has 2 aromatic rings. The standard InChI is InChI=1S/C15H15BrFNO/c1-2-18(13-7-4-6-12(17)9-13)10-11-5-3-8-14(16)15(11)19/h3-9,19H,2,10H2,1H3. The molecule has 0 bridgehead atoms. The maximum atomic E-state index is 13.3. The summed E-state index contributed by atoms with van der Waals surface area (Å²) < 4.78 is 13.9. The Bertz CT molecular complexity index is 574. The largest absolute Gasteiger partial charge is 0.506 e. The molecule has 0 atom stereocenters. The zero-order valence-electron chi connectivity index (χ0n) is 10.6. The van der Waals surface area contributed by atoms with Crippen LogP contribution in [0.5, 0.6) is 5.75 Å². The Hall–Kier alpha value is -1.55. The number of halogens is 2. The van der Waals surface area contributed by atoms with Crippen molar-refractivity contribution in [2.24, 2.45) is 0 Å². The Morgan fingerprint density at radius 3 is 2.63 bits per heavy atom. The van der Waals surface area contributed by atoms with Crippen molar-refractivity contribution >= 4 is 21.6 Å². The van der Waals surface area contributed by atoms with Crippen LogP contribution >= 0.6 is 15.9 Å². The summed E-state index contributed by atoms with van der Waals surface area (Å²) in [6.07, 6.45) is 0. The van der Waals surface area contributed by atoms with Crippen molar-refractivity contribution < 1.29 is 9.50 Å². The Kier molecular flexibility index (Phi) is 4.43. The maximum absolute atomic E-state index is 13.3. The van der Waals surface area contributed by atoms with Crippen molar-refractivity contribution in [3.05, 3.63) is 58.3 Å². The van der Waals surface area contributed by atoms with Gasteiger partial charge in [-0.2, -0.15) is 0 Å². The van der Waals surface area contributed by atoms with Gasteiger partial charge in [-0.15, -0.1) is 0 Å². The number of rotatable bonds is 4. The highest BCUT2D eigenvalue weighted by Crippen LogP contribution is 2.29. The van der Waals surface area contributed by atoms with E-state index in [-0.39, 0.29) is 11.6 Å². The van der Waals surface area contributed by atoms with Crippen molar-refractivity contribution in [2.45, 2.75) is 13.5 Å². The van der Waals surface area contributed by atoms with Crippen LogP contribution in [0.1, 0.15) is 12.5 Å². The quantitative estimate of drug-likeness (QED) is 0.905. The number of para-hydroxylation sites is 1. The summed E-state index contributed by atoms with van der Waals surface area (Å²) in [4.78, 5) is 2.00. The van der Waals surface area contributed by atoms with Gasteiger partial charge >= 0.3 is 0 Å². The zero-order valence-corrected chi connectivity index (χ0v) is 12.2. The van der Waals surface area contributed by atoms with Crippen LogP contribution in [0.2, 0.25) is 0 Å². The smallest absolute Gasteiger partial charge is 0.134 e. The van der Waals surface area contributed by atoms with Gasteiger partial charge in [-0.1, -0.05) is 18.2 Å². The van der Waals surface area contributed by atoms with Crippen molar-refractivity contribution in [1.29, 1.82) is 0 Å². The maximum Gasteiger partial charge on any atom is 0.134 e. The number of aromatic hydroxyl groups is 1. The molecule has 19 heavy (non-hydrogen) atoms. The SMILES string of the molecule is CCN(Cc1cccc(Br)c1O)c1cccc(F)c1. The lowest BCUT2D eigenvalue weighted by Crippen LogP contribution is -2.22. The van der Waals surface area contributed by atoms with E-state index < -0.39 is 0 Å². The summed E-state index contributed by atoms with van der Waals surface area (Å²) >= 11 is 3.30. The Morgan fingerprint density at radius 1 is 1.21 bits per heavy atom. The van der Waals surface area contributed by atoms with Gasteiger partial charge in [-0.25, -0.2) is 4.39 Å². The number of anilines is 1. The molecule has 0 unspecified atom stereocenters. The molecule has 0 fully saturated rings. The van der Waals surface area contributed by atoms with Crippen molar-refractivity contribution in [3.8, 4) is 5.75 Å². The molecule has 0 spiro atoms.